The number of ether oxygens (including phenoxy) is 2. The van der Waals surface area contributed by atoms with Gasteiger partial charge in [-0.3, -0.25) is 0 Å². The van der Waals surface area contributed by atoms with E-state index in [2.05, 4.69) is 17.9 Å². The smallest absolute Gasteiger partial charge is 0.416 e. The SMILES string of the molecule is CCC(COc1cccc(C(F)(F)F)c1)OC(=O)NCCS. The van der Waals surface area contributed by atoms with Crippen molar-refractivity contribution < 1.29 is 27.4 Å². The van der Waals surface area contributed by atoms with E-state index in [1.807, 2.05) is 0 Å². The summed E-state index contributed by atoms with van der Waals surface area (Å²) in [7, 11) is 0. The number of hydrogen-bond acceptors (Lipinski definition) is 4. The van der Waals surface area contributed by atoms with Crippen LogP contribution in [0.5, 0.6) is 5.75 Å². The van der Waals surface area contributed by atoms with E-state index < -0.39 is 23.9 Å². The molecule has 0 spiro atoms. The number of alkyl halides is 3. The molecule has 22 heavy (non-hydrogen) atoms. The number of carbonyl (C=O) groups excluding carboxylic acids is 1. The first kappa shape index (κ1) is 18.5. The van der Waals surface area contributed by atoms with Gasteiger partial charge in [0.05, 0.1) is 5.56 Å². The van der Waals surface area contributed by atoms with E-state index in [0.717, 1.165) is 12.1 Å². The van der Waals surface area contributed by atoms with Crippen LogP contribution >= 0.6 is 12.6 Å². The molecular weight excluding hydrogens is 319 g/mol. The number of carbonyl (C=O) groups is 1. The van der Waals surface area contributed by atoms with Crippen molar-refractivity contribution in [1.29, 1.82) is 0 Å². The molecule has 0 aliphatic carbocycles. The zero-order valence-electron chi connectivity index (χ0n) is 12.0. The van der Waals surface area contributed by atoms with Gasteiger partial charge in [0.2, 0.25) is 0 Å². The molecule has 1 N–H and O–H groups in total. The second-order valence-electron chi connectivity index (χ2n) is 4.42. The molecule has 124 valence electrons. The van der Waals surface area contributed by atoms with Gasteiger partial charge in [0.15, 0.2) is 0 Å². The Labute approximate surface area is 132 Å². The maximum Gasteiger partial charge on any atom is 0.416 e. The summed E-state index contributed by atoms with van der Waals surface area (Å²) in [5.74, 6) is 0.555. The van der Waals surface area contributed by atoms with E-state index in [-0.39, 0.29) is 12.4 Å². The number of halogens is 3. The van der Waals surface area contributed by atoms with Gasteiger partial charge in [0.1, 0.15) is 18.5 Å². The van der Waals surface area contributed by atoms with Gasteiger partial charge in [-0.1, -0.05) is 13.0 Å². The molecule has 0 aliphatic heterocycles. The van der Waals surface area contributed by atoms with Crippen molar-refractivity contribution in [2.24, 2.45) is 0 Å². The Morgan fingerprint density at radius 2 is 2.14 bits per heavy atom. The van der Waals surface area contributed by atoms with Crippen LogP contribution in [0.4, 0.5) is 18.0 Å². The molecule has 0 bridgehead atoms. The molecule has 1 rings (SSSR count). The minimum absolute atomic E-state index is 0.0217. The summed E-state index contributed by atoms with van der Waals surface area (Å²) in [4.78, 5) is 11.4. The van der Waals surface area contributed by atoms with Gasteiger partial charge in [-0.05, 0) is 24.6 Å². The third-order valence-corrected chi connectivity index (χ3v) is 2.93. The summed E-state index contributed by atoms with van der Waals surface area (Å²) in [5, 5.41) is 2.48. The summed E-state index contributed by atoms with van der Waals surface area (Å²) in [5.41, 5.74) is -0.787. The third kappa shape index (κ3) is 6.46. The molecule has 1 amide bonds. The molecule has 0 aromatic heterocycles. The van der Waals surface area contributed by atoms with Crippen molar-refractivity contribution in [1.82, 2.24) is 5.32 Å². The van der Waals surface area contributed by atoms with Crippen LogP contribution in [0, 0.1) is 0 Å². The minimum atomic E-state index is -4.42. The Hall–Kier alpha value is -1.57. The van der Waals surface area contributed by atoms with Crippen LogP contribution in [-0.2, 0) is 10.9 Å². The second-order valence-corrected chi connectivity index (χ2v) is 4.87. The van der Waals surface area contributed by atoms with E-state index in [4.69, 9.17) is 9.47 Å². The normalized spacial score (nSPS) is 12.6. The third-order valence-electron chi connectivity index (χ3n) is 2.71. The van der Waals surface area contributed by atoms with Gasteiger partial charge in [0.25, 0.3) is 0 Å². The summed E-state index contributed by atoms with van der Waals surface area (Å²) >= 11 is 3.94. The number of amides is 1. The molecule has 0 radical (unpaired) electrons. The predicted octanol–water partition coefficient (Wildman–Crippen LogP) is 3.52. The molecule has 4 nitrogen and oxygen atoms in total. The fourth-order valence-electron chi connectivity index (χ4n) is 1.54. The number of thiol groups is 1. The van der Waals surface area contributed by atoms with Crippen molar-refractivity contribution >= 4 is 18.7 Å². The van der Waals surface area contributed by atoms with Crippen LogP contribution in [-0.4, -0.2) is 31.1 Å². The molecule has 1 aromatic carbocycles. The number of nitrogens with one attached hydrogen (secondary N) is 1. The van der Waals surface area contributed by atoms with E-state index in [1.165, 1.54) is 12.1 Å². The van der Waals surface area contributed by atoms with Gasteiger partial charge in [-0.15, -0.1) is 0 Å². The summed E-state index contributed by atoms with van der Waals surface area (Å²) in [6, 6.07) is 4.56. The van der Waals surface area contributed by atoms with E-state index >= 15 is 0 Å². The summed E-state index contributed by atoms with van der Waals surface area (Å²) < 4.78 is 48.1. The lowest BCUT2D eigenvalue weighted by Crippen LogP contribution is -2.32. The van der Waals surface area contributed by atoms with E-state index in [9.17, 15) is 18.0 Å². The van der Waals surface area contributed by atoms with Crippen molar-refractivity contribution in [2.75, 3.05) is 18.9 Å². The van der Waals surface area contributed by atoms with Gasteiger partial charge in [-0.25, -0.2) is 4.79 Å². The topological polar surface area (TPSA) is 47.6 Å². The quantitative estimate of drug-likeness (QED) is 0.749. The molecule has 1 atom stereocenters. The minimum Gasteiger partial charge on any atom is -0.490 e. The Balaban J connectivity index is 2.54. The molecule has 0 aliphatic rings. The maximum atomic E-state index is 12.6. The first-order chi connectivity index (χ1) is 10.4. The van der Waals surface area contributed by atoms with Crippen molar-refractivity contribution in [3.8, 4) is 5.75 Å². The van der Waals surface area contributed by atoms with Crippen LogP contribution in [0.2, 0.25) is 0 Å². The fourth-order valence-corrected chi connectivity index (χ4v) is 1.65. The molecule has 0 fully saturated rings. The average molecular weight is 337 g/mol. The van der Waals surface area contributed by atoms with Crippen LogP contribution < -0.4 is 10.1 Å². The highest BCUT2D eigenvalue weighted by molar-refractivity contribution is 7.80. The highest BCUT2D eigenvalue weighted by atomic mass is 32.1. The van der Waals surface area contributed by atoms with E-state index in [1.54, 1.807) is 6.92 Å². The van der Waals surface area contributed by atoms with Crippen LogP contribution in [0.15, 0.2) is 24.3 Å². The Bertz CT molecular complexity index is 483. The van der Waals surface area contributed by atoms with Crippen molar-refractivity contribution in [3.63, 3.8) is 0 Å². The van der Waals surface area contributed by atoms with E-state index in [0.29, 0.717) is 18.7 Å². The molecule has 1 unspecified atom stereocenters. The van der Waals surface area contributed by atoms with Crippen LogP contribution in [0.3, 0.4) is 0 Å². The first-order valence-electron chi connectivity index (χ1n) is 6.72. The lowest BCUT2D eigenvalue weighted by molar-refractivity contribution is -0.137. The highest BCUT2D eigenvalue weighted by Gasteiger charge is 2.30. The molecule has 8 heteroatoms. The molecular formula is C14H18F3NO3S. The fraction of sp³-hybridized carbons (Fsp3) is 0.500. The van der Waals surface area contributed by atoms with Crippen molar-refractivity contribution in [2.45, 2.75) is 25.6 Å². The Kier molecular flexibility index (Phi) is 7.37. The number of hydrogen-bond donors (Lipinski definition) is 2. The zero-order chi connectivity index (χ0) is 16.6. The lowest BCUT2D eigenvalue weighted by Gasteiger charge is -2.17. The highest BCUT2D eigenvalue weighted by Crippen LogP contribution is 2.31. The number of alkyl carbamates (subject to hydrolysis) is 1. The van der Waals surface area contributed by atoms with Crippen LogP contribution in [0.25, 0.3) is 0 Å². The molecule has 0 saturated heterocycles. The predicted molar refractivity (Wildman–Crippen MR) is 79.4 cm³/mol. The summed E-state index contributed by atoms with van der Waals surface area (Å²) in [6.45, 7) is 2.13. The van der Waals surface area contributed by atoms with Crippen LogP contribution in [0.1, 0.15) is 18.9 Å². The molecule has 1 aromatic rings. The zero-order valence-corrected chi connectivity index (χ0v) is 12.9. The first-order valence-corrected chi connectivity index (χ1v) is 7.35. The Morgan fingerprint density at radius 3 is 2.73 bits per heavy atom. The van der Waals surface area contributed by atoms with Gasteiger partial charge < -0.3 is 14.8 Å². The summed E-state index contributed by atoms with van der Waals surface area (Å²) in [6.07, 6.45) is -5.09. The molecule has 0 heterocycles. The van der Waals surface area contributed by atoms with Crippen molar-refractivity contribution in [3.05, 3.63) is 29.8 Å². The average Bonchev–Trinajstić information content (AvgIpc) is 2.48. The largest absolute Gasteiger partial charge is 0.490 e. The van der Waals surface area contributed by atoms with Gasteiger partial charge >= 0.3 is 12.3 Å². The maximum absolute atomic E-state index is 12.6. The number of rotatable bonds is 7. The van der Waals surface area contributed by atoms with Gasteiger partial charge in [-0.2, -0.15) is 25.8 Å². The Morgan fingerprint density at radius 1 is 1.41 bits per heavy atom. The van der Waals surface area contributed by atoms with Gasteiger partial charge in [0, 0.05) is 12.3 Å². The second kappa shape index (κ2) is 8.77. The lowest BCUT2D eigenvalue weighted by atomic mass is 10.2. The molecule has 0 saturated carbocycles. The standard InChI is InChI=1S/C14H18F3NO3S/c1-2-11(21-13(19)18-6-7-22)9-20-12-5-3-4-10(8-12)14(15,16)17/h3-5,8,11,22H,2,6-7,9H2,1H3,(H,18,19). The monoisotopic (exact) mass is 337 g/mol. The number of benzene rings is 1.